The second kappa shape index (κ2) is 13.5. The summed E-state index contributed by atoms with van der Waals surface area (Å²) < 4.78 is 11.3. The molecule has 1 amide bonds. The maximum absolute atomic E-state index is 13.4. The minimum Gasteiger partial charge on any atom is -0.458 e. The van der Waals surface area contributed by atoms with Gasteiger partial charge in [-0.25, -0.2) is 14.6 Å². The lowest BCUT2D eigenvalue weighted by Gasteiger charge is -2.27. The highest BCUT2D eigenvalue weighted by Gasteiger charge is 2.27. The zero-order chi connectivity index (χ0) is 28.6. The van der Waals surface area contributed by atoms with Crippen LogP contribution < -0.4 is 20.3 Å². The fourth-order valence-electron chi connectivity index (χ4n) is 4.28. The molecule has 2 aromatic rings. The van der Waals surface area contributed by atoms with Crippen LogP contribution in [0.4, 0.5) is 22.2 Å². The minimum absolute atomic E-state index is 0.143. The van der Waals surface area contributed by atoms with Crippen LogP contribution in [0.5, 0.6) is 5.75 Å². The average molecular weight is 541 g/mol. The van der Waals surface area contributed by atoms with Gasteiger partial charge in [-0.1, -0.05) is 12.1 Å². The quantitative estimate of drug-likeness (QED) is 0.376. The highest BCUT2D eigenvalue weighted by molar-refractivity contribution is 5.81. The molecule has 0 radical (unpaired) electrons. The molecule has 1 saturated heterocycles. The summed E-state index contributed by atoms with van der Waals surface area (Å²) >= 11 is 0. The number of benzene rings is 1. The number of amides is 1. The number of carbonyl (C=O) groups is 2. The summed E-state index contributed by atoms with van der Waals surface area (Å²) in [6.45, 7) is 16.7. The molecule has 10 nitrogen and oxygen atoms in total. The third-order valence-corrected chi connectivity index (χ3v) is 6.20. The van der Waals surface area contributed by atoms with Gasteiger partial charge in [0, 0.05) is 38.6 Å². The Labute approximate surface area is 232 Å². The molecule has 1 atom stereocenters. The van der Waals surface area contributed by atoms with E-state index in [0.29, 0.717) is 29.6 Å². The largest absolute Gasteiger partial charge is 0.458 e. The Morgan fingerprint density at radius 3 is 2.26 bits per heavy atom. The summed E-state index contributed by atoms with van der Waals surface area (Å²) in [7, 11) is 0. The van der Waals surface area contributed by atoms with Crippen molar-refractivity contribution in [1.82, 2.24) is 14.9 Å². The Hall–Kier alpha value is -3.56. The maximum atomic E-state index is 13.4. The average Bonchev–Trinajstić information content (AvgIpc) is 3.41. The van der Waals surface area contributed by atoms with E-state index in [9.17, 15) is 9.59 Å². The summed E-state index contributed by atoms with van der Waals surface area (Å²) in [4.78, 5) is 38.8. The van der Waals surface area contributed by atoms with Gasteiger partial charge in [-0.2, -0.15) is 4.98 Å². The normalized spacial score (nSPS) is 14.2. The summed E-state index contributed by atoms with van der Waals surface area (Å²) in [5.74, 6) is 1.21. The van der Waals surface area contributed by atoms with Crippen LogP contribution in [0.15, 0.2) is 30.5 Å². The molecule has 0 bridgehead atoms. The van der Waals surface area contributed by atoms with Gasteiger partial charge in [-0.15, -0.1) is 0 Å². The molecule has 1 aliphatic heterocycles. The molecule has 39 heavy (non-hydrogen) atoms. The molecule has 1 aromatic heterocycles. The van der Waals surface area contributed by atoms with Crippen LogP contribution in [0.2, 0.25) is 0 Å². The van der Waals surface area contributed by atoms with Crippen molar-refractivity contribution in [2.24, 2.45) is 0 Å². The monoisotopic (exact) mass is 540 g/mol. The number of carbonyl (C=O) groups excluding carboxylic acids is 2. The van der Waals surface area contributed by atoms with Gasteiger partial charge >= 0.3 is 12.1 Å². The standard InChI is InChI=1S/C29H44N6O4/c1-8-34(9-2)27-30-19-24(31-20(3)4)25(33-27)32-23(26(36)39-29(5,6)7)18-21-12-14-22(15-13-21)38-28(37)35-16-10-11-17-35/h12-15,19-20,23,31H,8-11,16-18H2,1-7H3,(H,30,32,33)/t23-/m0/s1. The van der Waals surface area contributed by atoms with Crippen LogP contribution in [0.1, 0.15) is 66.9 Å². The number of aromatic nitrogens is 2. The Morgan fingerprint density at radius 2 is 1.69 bits per heavy atom. The van der Waals surface area contributed by atoms with Crippen LogP contribution in [0.25, 0.3) is 0 Å². The first kappa shape index (κ1) is 30.0. The summed E-state index contributed by atoms with van der Waals surface area (Å²) in [6.07, 6.45) is 3.78. The van der Waals surface area contributed by atoms with E-state index in [2.05, 4.69) is 34.4 Å². The van der Waals surface area contributed by atoms with Gasteiger partial charge in [-0.05, 0) is 79.0 Å². The van der Waals surface area contributed by atoms with E-state index in [0.717, 1.165) is 44.6 Å². The van der Waals surface area contributed by atoms with Crippen molar-refractivity contribution in [1.29, 1.82) is 0 Å². The van der Waals surface area contributed by atoms with Crippen LogP contribution in [-0.4, -0.2) is 70.8 Å². The lowest BCUT2D eigenvalue weighted by Crippen LogP contribution is -2.38. The van der Waals surface area contributed by atoms with Crippen molar-refractivity contribution in [3.8, 4) is 5.75 Å². The van der Waals surface area contributed by atoms with Crippen LogP contribution in [0.3, 0.4) is 0 Å². The van der Waals surface area contributed by atoms with Gasteiger partial charge in [0.15, 0.2) is 5.82 Å². The van der Waals surface area contributed by atoms with E-state index in [1.165, 1.54) is 0 Å². The Morgan fingerprint density at radius 1 is 1.05 bits per heavy atom. The van der Waals surface area contributed by atoms with Crippen LogP contribution in [0, 0.1) is 0 Å². The molecular weight excluding hydrogens is 496 g/mol. The third-order valence-electron chi connectivity index (χ3n) is 6.20. The van der Waals surface area contributed by atoms with E-state index in [-0.39, 0.29) is 18.1 Å². The highest BCUT2D eigenvalue weighted by Crippen LogP contribution is 2.25. The molecule has 10 heteroatoms. The molecule has 0 unspecified atom stereocenters. The Bertz CT molecular complexity index is 1090. The summed E-state index contributed by atoms with van der Waals surface area (Å²) in [6, 6.07) is 6.66. The smallest absolute Gasteiger partial charge is 0.415 e. The van der Waals surface area contributed by atoms with Crippen LogP contribution >= 0.6 is 0 Å². The number of hydrogen-bond acceptors (Lipinski definition) is 9. The Balaban J connectivity index is 1.85. The number of esters is 1. The predicted molar refractivity (Wildman–Crippen MR) is 155 cm³/mol. The molecule has 0 saturated carbocycles. The van der Waals surface area contributed by atoms with E-state index < -0.39 is 11.6 Å². The van der Waals surface area contributed by atoms with Gasteiger partial charge in [0.1, 0.15) is 17.4 Å². The SMILES string of the molecule is CCN(CC)c1ncc(NC(C)C)c(N[C@@H](Cc2ccc(OC(=O)N3CCCC3)cc2)C(=O)OC(C)(C)C)n1. The number of ether oxygens (including phenoxy) is 2. The van der Waals surface area contributed by atoms with Crippen molar-refractivity contribution in [2.45, 2.75) is 85.4 Å². The zero-order valence-corrected chi connectivity index (χ0v) is 24.4. The molecule has 1 fully saturated rings. The van der Waals surface area contributed by atoms with Crippen molar-refractivity contribution in [3.63, 3.8) is 0 Å². The molecule has 3 rings (SSSR count). The molecule has 1 aliphatic rings. The fraction of sp³-hybridized carbons (Fsp3) is 0.586. The molecule has 0 spiro atoms. The van der Waals surface area contributed by atoms with E-state index >= 15 is 0 Å². The molecule has 214 valence electrons. The van der Waals surface area contributed by atoms with Crippen molar-refractivity contribution in [2.75, 3.05) is 41.7 Å². The molecule has 2 heterocycles. The molecule has 1 aromatic carbocycles. The number of likely N-dealkylation sites (tertiary alicyclic amines) is 1. The second-order valence-corrected chi connectivity index (χ2v) is 11.0. The number of rotatable bonds is 11. The Kier molecular flexibility index (Phi) is 10.4. The third kappa shape index (κ3) is 9.01. The fourth-order valence-corrected chi connectivity index (χ4v) is 4.28. The lowest BCUT2D eigenvalue weighted by atomic mass is 10.0. The number of anilines is 3. The predicted octanol–water partition coefficient (Wildman–Crippen LogP) is 5.10. The van der Waals surface area contributed by atoms with Gasteiger partial charge in [0.25, 0.3) is 0 Å². The first-order valence-corrected chi connectivity index (χ1v) is 13.9. The number of nitrogens with one attached hydrogen (secondary N) is 2. The van der Waals surface area contributed by atoms with Gasteiger partial charge in [0.2, 0.25) is 5.95 Å². The molecular formula is C29H44N6O4. The number of hydrogen-bond donors (Lipinski definition) is 2. The van der Waals surface area contributed by atoms with Gasteiger partial charge in [-0.3, -0.25) is 0 Å². The molecule has 2 N–H and O–H groups in total. The minimum atomic E-state index is -0.714. The van der Waals surface area contributed by atoms with E-state index in [1.807, 2.05) is 46.8 Å². The summed E-state index contributed by atoms with van der Waals surface area (Å²) in [5, 5.41) is 6.71. The van der Waals surface area contributed by atoms with Crippen molar-refractivity contribution < 1.29 is 19.1 Å². The summed E-state index contributed by atoms with van der Waals surface area (Å²) in [5.41, 5.74) is 0.941. The second-order valence-electron chi connectivity index (χ2n) is 11.0. The van der Waals surface area contributed by atoms with Crippen LogP contribution in [-0.2, 0) is 16.0 Å². The molecule has 0 aliphatic carbocycles. The number of nitrogens with zero attached hydrogens (tertiary/aromatic N) is 4. The van der Waals surface area contributed by atoms with E-state index in [4.69, 9.17) is 14.5 Å². The maximum Gasteiger partial charge on any atom is 0.415 e. The highest BCUT2D eigenvalue weighted by atomic mass is 16.6. The first-order valence-electron chi connectivity index (χ1n) is 13.9. The lowest BCUT2D eigenvalue weighted by molar-refractivity contribution is -0.155. The van der Waals surface area contributed by atoms with E-state index in [1.54, 1.807) is 23.2 Å². The van der Waals surface area contributed by atoms with Gasteiger partial charge in [0.05, 0.1) is 11.9 Å². The van der Waals surface area contributed by atoms with Crippen molar-refractivity contribution >= 4 is 29.5 Å². The topological polar surface area (TPSA) is 109 Å². The van der Waals surface area contributed by atoms with Crippen molar-refractivity contribution in [3.05, 3.63) is 36.0 Å². The zero-order valence-electron chi connectivity index (χ0n) is 24.4. The van der Waals surface area contributed by atoms with Gasteiger partial charge < -0.3 is 29.9 Å². The first-order chi connectivity index (χ1) is 18.5.